The van der Waals surface area contributed by atoms with Gasteiger partial charge in [0.2, 0.25) is 0 Å². The molecule has 0 saturated carbocycles. The van der Waals surface area contributed by atoms with E-state index in [9.17, 15) is 0 Å². The van der Waals surface area contributed by atoms with E-state index in [2.05, 4.69) is 43.4 Å². The maximum atomic E-state index is 3.29. The van der Waals surface area contributed by atoms with Crippen LogP contribution in [0.3, 0.4) is 0 Å². The lowest BCUT2D eigenvalue weighted by atomic mass is 10.0. The Hall–Kier alpha value is -0.860. The summed E-state index contributed by atoms with van der Waals surface area (Å²) in [7, 11) is 2.02. The summed E-state index contributed by atoms with van der Waals surface area (Å²) in [5, 5.41) is 4.72. The van der Waals surface area contributed by atoms with Crippen molar-refractivity contribution in [3.63, 3.8) is 0 Å². The van der Waals surface area contributed by atoms with E-state index in [0.29, 0.717) is 6.04 Å². The second-order valence-electron chi connectivity index (χ2n) is 4.08. The lowest BCUT2D eigenvalue weighted by Gasteiger charge is -2.10. The maximum absolute atomic E-state index is 3.29. The van der Waals surface area contributed by atoms with E-state index in [4.69, 9.17) is 0 Å². The van der Waals surface area contributed by atoms with Crippen LogP contribution in [0.15, 0.2) is 24.3 Å². The van der Waals surface area contributed by atoms with Crippen molar-refractivity contribution < 1.29 is 0 Å². The topological polar surface area (TPSA) is 12.0 Å². The van der Waals surface area contributed by atoms with Crippen LogP contribution in [-0.2, 0) is 6.42 Å². The average molecular weight is 219 g/mol. The zero-order valence-corrected chi connectivity index (χ0v) is 10.3. The first kappa shape index (κ1) is 10.7. The van der Waals surface area contributed by atoms with E-state index in [1.807, 2.05) is 18.4 Å². The molecule has 0 fully saturated rings. The highest BCUT2D eigenvalue weighted by Gasteiger charge is 2.06. The van der Waals surface area contributed by atoms with Crippen molar-refractivity contribution in [2.24, 2.45) is 0 Å². The first-order valence-corrected chi connectivity index (χ1v) is 6.17. The molecular formula is C13H17NS. The van der Waals surface area contributed by atoms with Crippen LogP contribution in [-0.4, -0.2) is 13.1 Å². The van der Waals surface area contributed by atoms with Gasteiger partial charge in [-0.3, -0.25) is 0 Å². The van der Waals surface area contributed by atoms with Crippen LogP contribution in [0.5, 0.6) is 0 Å². The summed E-state index contributed by atoms with van der Waals surface area (Å²) in [5.74, 6) is 0. The molecule has 1 aromatic carbocycles. The van der Waals surface area contributed by atoms with E-state index < -0.39 is 0 Å². The highest BCUT2D eigenvalue weighted by Crippen LogP contribution is 2.28. The number of benzene rings is 1. The second-order valence-corrected chi connectivity index (χ2v) is 5.37. The van der Waals surface area contributed by atoms with Gasteiger partial charge in [0.1, 0.15) is 0 Å². The van der Waals surface area contributed by atoms with Gasteiger partial charge in [0.15, 0.2) is 0 Å². The molecule has 0 aliphatic heterocycles. The van der Waals surface area contributed by atoms with Crippen molar-refractivity contribution in [2.75, 3.05) is 7.05 Å². The second kappa shape index (κ2) is 4.33. The van der Waals surface area contributed by atoms with E-state index in [1.165, 1.54) is 20.5 Å². The first-order valence-electron chi connectivity index (χ1n) is 5.36. The molecule has 15 heavy (non-hydrogen) atoms. The van der Waals surface area contributed by atoms with E-state index in [1.54, 1.807) is 0 Å². The molecule has 1 nitrogen and oxygen atoms in total. The van der Waals surface area contributed by atoms with Gasteiger partial charge < -0.3 is 5.32 Å². The fourth-order valence-corrected chi connectivity index (χ4v) is 2.83. The monoisotopic (exact) mass is 219 g/mol. The molecule has 0 amide bonds. The molecule has 0 saturated heterocycles. The number of nitrogens with one attached hydrogen (secondary N) is 1. The van der Waals surface area contributed by atoms with Crippen LogP contribution in [0.4, 0.5) is 0 Å². The molecule has 2 rings (SSSR count). The van der Waals surface area contributed by atoms with Crippen LogP contribution in [0.1, 0.15) is 17.4 Å². The Balaban J connectivity index is 2.41. The lowest BCUT2D eigenvalue weighted by Crippen LogP contribution is -2.23. The molecule has 0 spiro atoms. The number of rotatable bonds is 3. The summed E-state index contributed by atoms with van der Waals surface area (Å²) in [4.78, 5) is 1.40. The summed E-state index contributed by atoms with van der Waals surface area (Å²) in [6.45, 7) is 4.40. The number of hydrogen-bond acceptors (Lipinski definition) is 2. The largest absolute Gasteiger partial charge is 0.317 e. The van der Waals surface area contributed by atoms with Gasteiger partial charge in [-0.25, -0.2) is 0 Å². The Morgan fingerprint density at radius 2 is 2.20 bits per heavy atom. The van der Waals surface area contributed by atoms with Gasteiger partial charge >= 0.3 is 0 Å². The van der Waals surface area contributed by atoms with Crippen molar-refractivity contribution in [1.82, 2.24) is 5.32 Å². The summed E-state index contributed by atoms with van der Waals surface area (Å²) < 4.78 is 1.41. The van der Waals surface area contributed by atoms with Crippen LogP contribution in [0, 0.1) is 6.92 Å². The molecule has 2 heteroatoms. The number of aryl methyl sites for hydroxylation is 1. The smallest absolute Gasteiger partial charge is 0.0348 e. The minimum absolute atomic E-state index is 0.538. The number of fused-ring (bicyclic) bond motifs is 1. The van der Waals surface area contributed by atoms with Gasteiger partial charge in [0, 0.05) is 15.6 Å². The molecule has 0 bridgehead atoms. The predicted molar refractivity (Wildman–Crippen MR) is 68.8 cm³/mol. The van der Waals surface area contributed by atoms with Gasteiger partial charge in [0.25, 0.3) is 0 Å². The summed E-state index contributed by atoms with van der Waals surface area (Å²) in [5.41, 5.74) is 1.46. The molecule has 1 N–H and O–H groups in total. The fourth-order valence-electron chi connectivity index (χ4n) is 1.86. The van der Waals surface area contributed by atoms with Crippen LogP contribution < -0.4 is 5.32 Å². The number of hydrogen-bond donors (Lipinski definition) is 1. The van der Waals surface area contributed by atoms with Gasteiger partial charge in [-0.15, -0.1) is 11.3 Å². The third kappa shape index (κ3) is 2.21. The minimum atomic E-state index is 0.538. The summed E-state index contributed by atoms with van der Waals surface area (Å²) in [6.07, 6.45) is 1.10. The van der Waals surface area contributed by atoms with Crippen molar-refractivity contribution in [1.29, 1.82) is 0 Å². The SMILES string of the molecule is CNC(C)Cc1cccc2sc(C)cc12. The third-order valence-electron chi connectivity index (χ3n) is 2.79. The molecule has 0 radical (unpaired) electrons. The molecule has 0 aliphatic rings. The molecule has 1 atom stereocenters. The van der Waals surface area contributed by atoms with Crippen LogP contribution in [0.2, 0.25) is 0 Å². The Morgan fingerprint density at radius 1 is 1.40 bits per heavy atom. The van der Waals surface area contributed by atoms with Crippen LogP contribution in [0.25, 0.3) is 10.1 Å². The van der Waals surface area contributed by atoms with E-state index in [-0.39, 0.29) is 0 Å². The van der Waals surface area contributed by atoms with Crippen molar-refractivity contribution >= 4 is 21.4 Å². The lowest BCUT2D eigenvalue weighted by molar-refractivity contribution is 0.610. The van der Waals surface area contributed by atoms with Crippen molar-refractivity contribution in [3.8, 4) is 0 Å². The zero-order valence-electron chi connectivity index (χ0n) is 9.50. The maximum Gasteiger partial charge on any atom is 0.0348 e. The molecular weight excluding hydrogens is 202 g/mol. The quantitative estimate of drug-likeness (QED) is 0.834. The predicted octanol–water partition coefficient (Wildman–Crippen LogP) is 3.36. The molecule has 1 heterocycles. The number of thiophene rings is 1. The molecule has 1 aromatic heterocycles. The van der Waals surface area contributed by atoms with Crippen molar-refractivity contribution in [3.05, 3.63) is 34.7 Å². The first-order chi connectivity index (χ1) is 7.20. The number of likely N-dealkylation sites (N-methyl/N-ethyl adjacent to an activating group) is 1. The van der Waals surface area contributed by atoms with Gasteiger partial charge in [-0.2, -0.15) is 0 Å². The summed E-state index contributed by atoms with van der Waals surface area (Å²) in [6, 6.07) is 9.45. The van der Waals surface area contributed by atoms with Crippen LogP contribution >= 0.6 is 11.3 Å². The highest BCUT2D eigenvalue weighted by molar-refractivity contribution is 7.19. The third-order valence-corrected chi connectivity index (χ3v) is 3.81. The van der Waals surface area contributed by atoms with E-state index >= 15 is 0 Å². The zero-order chi connectivity index (χ0) is 10.8. The van der Waals surface area contributed by atoms with Crippen molar-refractivity contribution in [2.45, 2.75) is 26.3 Å². The van der Waals surface area contributed by atoms with Gasteiger partial charge in [0.05, 0.1) is 0 Å². The van der Waals surface area contributed by atoms with Gasteiger partial charge in [-0.1, -0.05) is 12.1 Å². The van der Waals surface area contributed by atoms with E-state index in [0.717, 1.165) is 6.42 Å². The normalized spacial score (nSPS) is 13.3. The molecule has 1 unspecified atom stereocenters. The molecule has 80 valence electrons. The molecule has 2 aromatic rings. The Morgan fingerprint density at radius 3 is 2.93 bits per heavy atom. The standard InChI is InChI=1S/C13H17NS/c1-9(14-3)7-11-5-4-6-13-12(11)8-10(2)15-13/h4-6,8-9,14H,7H2,1-3H3. The summed E-state index contributed by atoms with van der Waals surface area (Å²) >= 11 is 1.88. The average Bonchev–Trinajstić information content (AvgIpc) is 2.59. The highest BCUT2D eigenvalue weighted by atomic mass is 32.1. The Kier molecular flexibility index (Phi) is 3.08. The molecule has 0 aliphatic carbocycles. The van der Waals surface area contributed by atoms with Gasteiger partial charge in [-0.05, 0) is 50.4 Å². The minimum Gasteiger partial charge on any atom is -0.317 e. The fraction of sp³-hybridized carbons (Fsp3) is 0.385. The Bertz CT molecular complexity index is 459. The Labute approximate surface area is 95.1 Å².